The monoisotopic (exact) mass is 449 g/mol. The first-order chi connectivity index (χ1) is 13.0. The molecule has 5 nitrogen and oxygen atoms in total. The Morgan fingerprint density at radius 2 is 1.82 bits per heavy atom. The van der Waals surface area contributed by atoms with Gasteiger partial charge in [-0.1, -0.05) is 40.9 Å². The summed E-state index contributed by atoms with van der Waals surface area (Å²) in [5.41, 5.74) is 3.30. The lowest BCUT2D eigenvalue weighted by Gasteiger charge is -2.18. The zero-order chi connectivity index (χ0) is 21.0. The summed E-state index contributed by atoms with van der Waals surface area (Å²) in [5.74, 6) is -5.78. The Kier molecular flexibility index (Phi) is 4.98. The predicted octanol–water partition coefficient (Wildman–Crippen LogP) is 4.02. The van der Waals surface area contributed by atoms with Crippen molar-refractivity contribution >= 4 is 46.7 Å². The Balaban J connectivity index is 2.26. The van der Waals surface area contributed by atoms with E-state index in [4.69, 9.17) is 45.3 Å². The van der Waals surface area contributed by atoms with E-state index in [1.807, 2.05) is 0 Å². The third kappa shape index (κ3) is 2.72. The molecule has 0 spiro atoms. The van der Waals surface area contributed by atoms with Crippen LogP contribution in [-0.2, 0) is 10.2 Å². The van der Waals surface area contributed by atoms with E-state index in [1.165, 1.54) is 12.1 Å². The van der Waals surface area contributed by atoms with Crippen LogP contribution in [0.4, 0.5) is 8.78 Å². The Bertz CT molecular complexity index is 1010. The molecule has 28 heavy (non-hydrogen) atoms. The zero-order valence-electron chi connectivity index (χ0n) is 14.1. The molecule has 1 aliphatic rings. The number of ether oxygens (including phenoxy) is 1. The number of carboxylic acids is 1. The van der Waals surface area contributed by atoms with E-state index in [0.29, 0.717) is 0 Å². The van der Waals surface area contributed by atoms with Crippen LogP contribution in [0.25, 0.3) is 0 Å². The number of alkyl halides is 2. The number of nitrogens with two attached hydrogens (primary N) is 1. The van der Waals surface area contributed by atoms with E-state index in [2.05, 4.69) is 0 Å². The zero-order valence-corrected chi connectivity index (χ0v) is 16.4. The second-order valence-corrected chi connectivity index (χ2v) is 8.04. The van der Waals surface area contributed by atoms with Crippen molar-refractivity contribution in [3.63, 3.8) is 0 Å². The molecule has 0 aromatic heterocycles. The SMILES string of the molecule is COc1c(F)cc(C2(C(N)=O)C(c3ccc(F)c(Cl)c3)C2(Cl)Cl)cc1C(=O)O. The molecule has 0 heterocycles. The number of carbonyl (C=O) groups is 2. The molecule has 0 radical (unpaired) electrons. The van der Waals surface area contributed by atoms with Gasteiger partial charge in [0.1, 0.15) is 21.1 Å². The third-order valence-electron chi connectivity index (χ3n) is 4.84. The van der Waals surface area contributed by atoms with Crippen LogP contribution in [0, 0.1) is 11.6 Å². The molecule has 1 fully saturated rings. The van der Waals surface area contributed by atoms with Crippen molar-refractivity contribution in [1.82, 2.24) is 0 Å². The molecule has 1 amide bonds. The highest BCUT2D eigenvalue weighted by Crippen LogP contribution is 2.74. The molecule has 0 bridgehead atoms. The number of carbonyl (C=O) groups excluding carboxylic acids is 1. The van der Waals surface area contributed by atoms with Gasteiger partial charge in [0, 0.05) is 5.92 Å². The van der Waals surface area contributed by atoms with Gasteiger partial charge in [-0.05, 0) is 35.4 Å². The fraction of sp³-hybridized carbons (Fsp3) is 0.222. The van der Waals surface area contributed by atoms with Crippen molar-refractivity contribution in [2.24, 2.45) is 5.73 Å². The lowest BCUT2D eigenvalue weighted by molar-refractivity contribution is -0.120. The van der Waals surface area contributed by atoms with Crippen molar-refractivity contribution in [2.75, 3.05) is 7.11 Å². The van der Waals surface area contributed by atoms with E-state index in [0.717, 1.165) is 25.3 Å². The van der Waals surface area contributed by atoms with Gasteiger partial charge in [0.05, 0.1) is 12.1 Å². The van der Waals surface area contributed by atoms with Crippen molar-refractivity contribution in [1.29, 1.82) is 0 Å². The van der Waals surface area contributed by atoms with Crippen molar-refractivity contribution in [3.8, 4) is 5.75 Å². The molecular weight excluding hydrogens is 439 g/mol. The van der Waals surface area contributed by atoms with Crippen LogP contribution in [-0.4, -0.2) is 28.4 Å². The number of aromatic carboxylic acids is 1. The normalized spacial score (nSPS) is 22.6. The number of carboxylic acid groups (broad SMARTS) is 1. The number of benzene rings is 2. The first kappa shape index (κ1) is 20.6. The quantitative estimate of drug-likeness (QED) is 0.673. The van der Waals surface area contributed by atoms with Gasteiger partial charge >= 0.3 is 5.97 Å². The number of methoxy groups -OCH3 is 1. The number of hydrogen-bond donors (Lipinski definition) is 2. The van der Waals surface area contributed by atoms with Gasteiger partial charge in [0.25, 0.3) is 0 Å². The molecule has 2 aromatic carbocycles. The molecule has 148 valence electrons. The Hall–Kier alpha value is -2.09. The smallest absolute Gasteiger partial charge is 0.339 e. The maximum absolute atomic E-state index is 14.5. The highest BCUT2D eigenvalue weighted by atomic mass is 35.5. The predicted molar refractivity (Wildman–Crippen MR) is 99.4 cm³/mol. The number of amides is 1. The highest BCUT2D eigenvalue weighted by Gasteiger charge is 2.81. The Morgan fingerprint density at radius 1 is 1.18 bits per heavy atom. The molecule has 0 saturated heterocycles. The molecular formula is C18H12Cl3F2NO4. The first-order valence-electron chi connectivity index (χ1n) is 7.74. The van der Waals surface area contributed by atoms with E-state index < -0.39 is 50.5 Å². The topological polar surface area (TPSA) is 89.6 Å². The maximum Gasteiger partial charge on any atom is 0.339 e. The van der Waals surface area contributed by atoms with Gasteiger partial charge in [0.15, 0.2) is 11.6 Å². The molecule has 3 N–H and O–H groups in total. The minimum Gasteiger partial charge on any atom is -0.493 e. The van der Waals surface area contributed by atoms with Crippen LogP contribution in [0.2, 0.25) is 5.02 Å². The standard InChI is InChI=1S/C18H12Cl3F2NO4/c1-28-13-9(15(25)26)5-8(6-12(13)23)17(16(24)27)14(18(17,20)21)7-2-3-11(22)10(19)4-7/h2-6,14H,1H3,(H2,24,27)(H,25,26). The summed E-state index contributed by atoms with van der Waals surface area (Å²) in [6.45, 7) is 0. The lowest BCUT2D eigenvalue weighted by atomic mass is 9.88. The highest BCUT2D eigenvalue weighted by molar-refractivity contribution is 6.55. The fourth-order valence-electron chi connectivity index (χ4n) is 3.55. The molecule has 3 rings (SSSR count). The molecule has 1 aliphatic carbocycles. The second-order valence-electron chi connectivity index (χ2n) is 6.25. The van der Waals surface area contributed by atoms with Crippen molar-refractivity contribution in [3.05, 3.63) is 63.7 Å². The van der Waals surface area contributed by atoms with Crippen LogP contribution >= 0.6 is 34.8 Å². The summed E-state index contributed by atoms with van der Waals surface area (Å²) in [7, 11) is 1.10. The van der Waals surface area contributed by atoms with E-state index in [-0.39, 0.29) is 16.1 Å². The average molecular weight is 451 g/mol. The first-order valence-corrected chi connectivity index (χ1v) is 8.87. The van der Waals surface area contributed by atoms with Gasteiger partial charge in [0.2, 0.25) is 5.91 Å². The van der Waals surface area contributed by atoms with E-state index in [9.17, 15) is 23.5 Å². The fourth-order valence-corrected chi connectivity index (χ4v) is 4.83. The molecule has 2 aromatic rings. The van der Waals surface area contributed by atoms with E-state index >= 15 is 0 Å². The average Bonchev–Trinajstić information content (AvgIpc) is 3.14. The second kappa shape index (κ2) is 6.76. The lowest BCUT2D eigenvalue weighted by Crippen LogP contribution is -2.34. The van der Waals surface area contributed by atoms with Gasteiger partial charge in [-0.15, -0.1) is 0 Å². The minimum absolute atomic E-state index is 0.147. The van der Waals surface area contributed by atoms with Gasteiger partial charge in [-0.25, -0.2) is 13.6 Å². The van der Waals surface area contributed by atoms with Crippen LogP contribution < -0.4 is 10.5 Å². The summed E-state index contributed by atoms with van der Waals surface area (Å²) in [5, 5.41) is 9.13. The number of halogens is 5. The minimum atomic E-state index is -1.87. The van der Waals surface area contributed by atoms with Gasteiger partial charge in [-0.2, -0.15) is 0 Å². The third-order valence-corrected chi connectivity index (χ3v) is 6.16. The van der Waals surface area contributed by atoms with Crippen LogP contribution in [0.3, 0.4) is 0 Å². The van der Waals surface area contributed by atoms with Crippen LogP contribution in [0.1, 0.15) is 27.4 Å². The number of rotatable bonds is 5. The Morgan fingerprint density at radius 3 is 2.32 bits per heavy atom. The van der Waals surface area contributed by atoms with E-state index in [1.54, 1.807) is 0 Å². The molecule has 10 heteroatoms. The summed E-state index contributed by atoms with van der Waals surface area (Å²) < 4.78 is 30.9. The molecule has 1 saturated carbocycles. The molecule has 2 unspecified atom stereocenters. The Labute approximate surface area is 172 Å². The molecule has 0 aliphatic heterocycles. The summed E-state index contributed by atoms with van der Waals surface area (Å²) in [4.78, 5) is 23.9. The van der Waals surface area contributed by atoms with Gasteiger partial charge < -0.3 is 15.6 Å². The summed E-state index contributed by atoms with van der Waals surface area (Å²) in [6, 6.07) is 5.51. The summed E-state index contributed by atoms with van der Waals surface area (Å²) >= 11 is 18.5. The number of primary amides is 1. The maximum atomic E-state index is 14.5. The molecule has 2 atom stereocenters. The largest absolute Gasteiger partial charge is 0.493 e. The van der Waals surface area contributed by atoms with Crippen molar-refractivity contribution < 1.29 is 28.2 Å². The van der Waals surface area contributed by atoms with Gasteiger partial charge in [-0.3, -0.25) is 4.79 Å². The van der Waals surface area contributed by atoms with Crippen molar-refractivity contribution in [2.45, 2.75) is 15.7 Å². The van der Waals surface area contributed by atoms with Crippen LogP contribution in [0.15, 0.2) is 30.3 Å². The number of hydrogen-bond acceptors (Lipinski definition) is 3. The van der Waals surface area contributed by atoms with Crippen LogP contribution in [0.5, 0.6) is 5.75 Å². The summed E-state index contributed by atoms with van der Waals surface area (Å²) in [6.07, 6.45) is 0.